The Morgan fingerprint density at radius 3 is 2.12 bits per heavy atom. The SMILES string of the molecule is CC1=C(C)N(C)NN1. The van der Waals surface area contributed by atoms with Crippen LogP contribution in [0.5, 0.6) is 0 Å². The molecule has 0 amide bonds. The Kier molecular flexibility index (Phi) is 1.13. The minimum atomic E-state index is 1.19. The number of hydrazine groups is 2. The molecule has 1 aliphatic heterocycles. The molecule has 1 aliphatic rings. The molecule has 0 radical (unpaired) electrons. The van der Waals surface area contributed by atoms with Gasteiger partial charge in [0.05, 0.1) is 0 Å². The fourth-order valence-electron chi connectivity index (χ4n) is 0.594. The van der Waals surface area contributed by atoms with Gasteiger partial charge in [0.15, 0.2) is 0 Å². The van der Waals surface area contributed by atoms with Gasteiger partial charge >= 0.3 is 0 Å². The second-order valence-electron chi connectivity index (χ2n) is 2.01. The average Bonchev–Trinajstić information content (AvgIpc) is 1.98. The average molecular weight is 113 g/mol. The highest BCUT2D eigenvalue weighted by Crippen LogP contribution is 2.05. The van der Waals surface area contributed by atoms with Gasteiger partial charge < -0.3 is 5.43 Å². The summed E-state index contributed by atoms with van der Waals surface area (Å²) < 4.78 is 0. The standard InChI is InChI=1S/C5H11N3/c1-4-5(2)8(3)7-6-4/h6-7H,1-3H3. The van der Waals surface area contributed by atoms with Gasteiger partial charge in [0.25, 0.3) is 0 Å². The zero-order valence-electron chi connectivity index (χ0n) is 5.45. The highest BCUT2D eigenvalue weighted by molar-refractivity contribution is 5.08. The Morgan fingerprint density at radius 1 is 1.38 bits per heavy atom. The summed E-state index contributed by atoms with van der Waals surface area (Å²) in [6.45, 7) is 4.09. The van der Waals surface area contributed by atoms with Crippen molar-refractivity contribution in [1.82, 2.24) is 16.0 Å². The van der Waals surface area contributed by atoms with Gasteiger partial charge in [-0.1, -0.05) is 0 Å². The molecule has 0 atom stereocenters. The number of rotatable bonds is 0. The Bertz CT molecular complexity index is 128. The van der Waals surface area contributed by atoms with Gasteiger partial charge in [-0.25, -0.2) is 0 Å². The predicted molar refractivity (Wildman–Crippen MR) is 32.4 cm³/mol. The third-order valence-corrected chi connectivity index (χ3v) is 1.46. The summed E-state index contributed by atoms with van der Waals surface area (Å²) in [4.78, 5) is 0. The molecular weight excluding hydrogens is 102 g/mol. The number of nitrogens with zero attached hydrogens (tertiary/aromatic N) is 1. The zero-order chi connectivity index (χ0) is 6.15. The van der Waals surface area contributed by atoms with Crippen molar-refractivity contribution in [2.45, 2.75) is 13.8 Å². The van der Waals surface area contributed by atoms with Gasteiger partial charge in [-0.2, -0.15) is 0 Å². The van der Waals surface area contributed by atoms with Crippen LogP contribution in [0.2, 0.25) is 0 Å². The third-order valence-electron chi connectivity index (χ3n) is 1.46. The van der Waals surface area contributed by atoms with Crippen molar-refractivity contribution < 1.29 is 0 Å². The van der Waals surface area contributed by atoms with E-state index in [0.29, 0.717) is 0 Å². The molecule has 3 heteroatoms. The Labute approximate surface area is 49.3 Å². The van der Waals surface area contributed by atoms with Crippen LogP contribution in [-0.4, -0.2) is 12.1 Å². The molecule has 0 spiro atoms. The van der Waals surface area contributed by atoms with Crippen LogP contribution in [0.15, 0.2) is 11.4 Å². The Balaban J connectivity index is 2.71. The van der Waals surface area contributed by atoms with Gasteiger partial charge in [-0.15, -0.1) is 5.53 Å². The van der Waals surface area contributed by atoms with Crippen LogP contribution in [0.25, 0.3) is 0 Å². The second kappa shape index (κ2) is 1.67. The fourth-order valence-corrected chi connectivity index (χ4v) is 0.594. The maximum absolute atomic E-state index is 2.97. The lowest BCUT2D eigenvalue weighted by atomic mass is 10.4. The van der Waals surface area contributed by atoms with Crippen LogP contribution in [0.3, 0.4) is 0 Å². The Morgan fingerprint density at radius 2 is 2.00 bits per heavy atom. The predicted octanol–water partition coefficient (Wildman–Crippen LogP) is 0.192. The first-order valence-corrected chi connectivity index (χ1v) is 2.64. The van der Waals surface area contributed by atoms with E-state index in [4.69, 9.17) is 0 Å². The molecule has 8 heavy (non-hydrogen) atoms. The number of hydrogen-bond donors (Lipinski definition) is 2. The summed E-state index contributed by atoms with van der Waals surface area (Å²) in [6, 6.07) is 0. The minimum Gasteiger partial charge on any atom is -0.306 e. The molecule has 0 bridgehead atoms. The number of hydrogen-bond acceptors (Lipinski definition) is 3. The first kappa shape index (κ1) is 5.44. The summed E-state index contributed by atoms with van der Waals surface area (Å²) in [5, 5.41) is 1.94. The second-order valence-corrected chi connectivity index (χ2v) is 2.01. The summed E-state index contributed by atoms with van der Waals surface area (Å²) in [5.41, 5.74) is 8.33. The van der Waals surface area contributed by atoms with Crippen molar-refractivity contribution in [3.05, 3.63) is 11.4 Å². The minimum absolute atomic E-state index is 1.19. The molecule has 1 rings (SSSR count). The van der Waals surface area contributed by atoms with E-state index in [1.165, 1.54) is 11.4 Å². The van der Waals surface area contributed by atoms with E-state index in [-0.39, 0.29) is 0 Å². The van der Waals surface area contributed by atoms with Gasteiger partial charge in [0.1, 0.15) is 0 Å². The normalized spacial score (nSPS) is 19.6. The highest BCUT2D eigenvalue weighted by Gasteiger charge is 2.08. The van der Waals surface area contributed by atoms with Gasteiger partial charge in [-0.3, -0.25) is 5.01 Å². The third kappa shape index (κ3) is 0.648. The molecule has 0 saturated carbocycles. The molecule has 1 heterocycles. The van der Waals surface area contributed by atoms with Crippen molar-refractivity contribution in [3.63, 3.8) is 0 Å². The van der Waals surface area contributed by atoms with Crippen molar-refractivity contribution in [2.75, 3.05) is 7.05 Å². The van der Waals surface area contributed by atoms with Gasteiger partial charge in [0.2, 0.25) is 0 Å². The molecule has 0 saturated heterocycles. The Hall–Kier alpha value is -0.700. The lowest BCUT2D eigenvalue weighted by Crippen LogP contribution is -2.34. The van der Waals surface area contributed by atoms with Gasteiger partial charge in [0, 0.05) is 18.4 Å². The monoisotopic (exact) mass is 113 g/mol. The van der Waals surface area contributed by atoms with E-state index in [2.05, 4.69) is 17.9 Å². The van der Waals surface area contributed by atoms with E-state index in [9.17, 15) is 0 Å². The van der Waals surface area contributed by atoms with Crippen LogP contribution < -0.4 is 11.0 Å². The largest absolute Gasteiger partial charge is 0.306 e. The van der Waals surface area contributed by atoms with Crippen LogP contribution in [0.4, 0.5) is 0 Å². The molecule has 46 valence electrons. The summed E-state index contributed by atoms with van der Waals surface area (Å²) in [6.07, 6.45) is 0. The number of nitrogens with one attached hydrogen (secondary N) is 2. The van der Waals surface area contributed by atoms with Crippen molar-refractivity contribution in [1.29, 1.82) is 0 Å². The molecular formula is C5H11N3. The van der Waals surface area contributed by atoms with Crippen LogP contribution in [0.1, 0.15) is 13.8 Å². The lowest BCUT2D eigenvalue weighted by Gasteiger charge is -2.09. The smallest absolute Gasteiger partial charge is 0.0477 e. The molecule has 0 unspecified atom stereocenters. The van der Waals surface area contributed by atoms with E-state index in [0.717, 1.165) is 0 Å². The molecule has 2 N–H and O–H groups in total. The van der Waals surface area contributed by atoms with E-state index < -0.39 is 0 Å². The van der Waals surface area contributed by atoms with Crippen LogP contribution in [-0.2, 0) is 0 Å². The first-order chi connectivity index (χ1) is 3.72. The summed E-state index contributed by atoms with van der Waals surface area (Å²) in [5.74, 6) is 0. The topological polar surface area (TPSA) is 27.3 Å². The fraction of sp³-hybridized carbons (Fsp3) is 0.600. The molecule has 0 aromatic rings. The van der Waals surface area contributed by atoms with E-state index in [1.54, 1.807) is 0 Å². The zero-order valence-corrected chi connectivity index (χ0v) is 5.45. The van der Waals surface area contributed by atoms with Crippen molar-refractivity contribution >= 4 is 0 Å². The molecule has 0 aromatic heterocycles. The highest BCUT2D eigenvalue weighted by atomic mass is 15.7. The van der Waals surface area contributed by atoms with Gasteiger partial charge in [-0.05, 0) is 13.8 Å². The van der Waals surface area contributed by atoms with E-state index in [1.807, 2.05) is 19.0 Å². The molecule has 3 nitrogen and oxygen atoms in total. The first-order valence-electron chi connectivity index (χ1n) is 2.64. The molecule has 0 fully saturated rings. The van der Waals surface area contributed by atoms with Crippen LogP contribution in [0, 0.1) is 0 Å². The maximum atomic E-state index is 2.97. The molecule has 0 aliphatic carbocycles. The summed E-state index contributed by atoms with van der Waals surface area (Å²) in [7, 11) is 1.97. The quantitative estimate of drug-likeness (QED) is 0.469. The van der Waals surface area contributed by atoms with E-state index >= 15 is 0 Å². The van der Waals surface area contributed by atoms with Crippen molar-refractivity contribution in [2.24, 2.45) is 0 Å². The lowest BCUT2D eigenvalue weighted by molar-refractivity contribution is 0.306. The number of allylic oxidation sites excluding steroid dienone is 2. The maximum Gasteiger partial charge on any atom is 0.0477 e. The summed E-state index contributed by atoms with van der Waals surface area (Å²) >= 11 is 0. The molecule has 0 aromatic carbocycles. The van der Waals surface area contributed by atoms with Crippen molar-refractivity contribution in [3.8, 4) is 0 Å². The van der Waals surface area contributed by atoms with Crippen LogP contribution >= 0.6 is 0 Å².